The number of hydrogen-bond acceptors (Lipinski definition) is 2. The number of nitrogen functional groups attached to an aromatic ring is 1. The van der Waals surface area contributed by atoms with E-state index >= 15 is 0 Å². The van der Waals surface area contributed by atoms with E-state index in [1.165, 1.54) is 11.8 Å². The monoisotopic (exact) mass is 231 g/mol. The average Bonchev–Trinajstić information content (AvgIpc) is 2.11. The number of benzene rings is 1. The summed E-state index contributed by atoms with van der Waals surface area (Å²) in [6.07, 6.45) is 1.94. The summed E-state index contributed by atoms with van der Waals surface area (Å²) in [5.74, 6) is -1.14. The maximum atomic E-state index is 13.4. The van der Waals surface area contributed by atoms with Gasteiger partial charge < -0.3 is 5.73 Å². The molecule has 0 saturated heterocycles. The molecule has 0 amide bonds. The van der Waals surface area contributed by atoms with E-state index < -0.39 is 11.6 Å². The third-order valence-corrected chi connectivity index (χ3v) is 3.30. The van der Waals surface area contributed by atoms with Crippen LogP contribution in [0.15, 0.2) is 17.0 Å². The highest BCUT2D eigenvalue weighted by atomic mass is 32.2. The van der Waals surface area contributed by atoms with Crippen molar-refractivity contribution < 1.29 is 8.78 Å². The minimum Gasteiger partial charge on any atom is -0.399 e. The largest absolute Gasteiger partial charge is 0.399 e. The van der Waals surface area contributed by atoms with Crippen LogP contribution >= 0.6 is 11.8 Å². The fourth-order valence-electron chi connectivity index (χ4n) is 1.36. The van der Waals surface area contributed by atoms with Crippen LogP contribution in [0.5, 0.6) is 0 Å². The first-order valence-corrected chi connectivity index (χ1v) is 5.83. The predicted octanol–water partition coefficient (Wildman–Crippen LogP) is 3.83. The summed E-state index contributed by atoms with van der Waals surface area (Å²) >= 11 is 1.22. The molecule has 0 saturated carbocycles. The number of rotatable bonds is 4. The second-order valence-electron chi connectivity index (χ2n) is 3.53. The molecule has 0 bridgehead atoms. The van der Waals surface area contributed by atoms with Crippen molar-refractivity contribution in [2.75, 3.05) is 5.73 Å². The molecule has 0 fully saturated rings. The lowest BCUT2D eigenvalue weighted by Gasteiger charge is -2.11. The molecule has 1 nitrogen and oxygen atoms in total. The Kier molecular flexibility index (Phi) is 4.39. The Hall–Kier alpha value is -0.770. The smallest absolute Gasteiger partial charge is 0.141 e. The van der Waals surface area contributed by atoms with Crippen LogP contribution in [-0.2, 0) is 0 Å². The van der Waals surface area contributed by atoms with E-state index in [-0.39, 0.29) is 15.8 Å². The van der Waals surface area contributed by atoms with Gasteiger partial charge in [-0.2, -0.15) is 0 Å². The standard InChI is InChI=1S/C11H15F2NS/c1-3-4-7(2)15-11-9(12)5-8(14)6-10(11)13/h5-7H,3-4,14H2,1-2H3. The number of anilines is 1. The van der Waals surface area contributed by atoms with Gasteiger partial charge in [-0.15, -0.1) is 11.8 Å². The topological polar surface area (TPSA) is 26.0 Å². The molecular formula is C11H15F2NS. The Morgan fingerprint density at radius 2 is 1.87 bits per heavy atom. The van der Waals surface area contributed by atoms with Gasteiger partial charge >= 0.3 is 0 Å². The molecule has 15 heavy (non-hydrogen) atoms. The molecule has 1 aromatic carbocycles. The van der Waals surface area contributed by atoms with Crippen molar-refractivity contribution in [3.05, 3.63) is 23.8 Å². The number of hydrogen-bond donors (Lipinski definition) is 1. The van der Waals surface area contributed by atoms with Gasteiger partial charge in [-0.1, -0.05) is 20.3 Å². The molecule has 1 unspecified atom stereocenters. The van der Waals surface area contributed by atoms with Crippen molar-refractivity contribution >= 4 is 17.4 Å². The van der Waals surface area contributed by atoms with Crippen molar-refractivity contribution in [3.8, 4) is 0 Å². The van der Waals surface area contributed by atoms with Gasteiger partial charge in [0.1, 0.15) is 11.6 Å². The maximum absolute atomic E-state index is 13.4. The Morgan fingerprint density at radius 1 is 1.33 bits per heavy atom. The summed E-state index contributed by atoms with van der Waals surface area (Å²) in [6.45, 7) is 4.01. The SMILES string of the molecule is CCCC(C)Sc1c(F)cc(N)cc1F. The number of halogens is 2. The van der Waals surface area contributed by atoms with E-state index in [9.17, 15) is 8.78 Å². The van der Waals surface area contributed by atoms with Crippen LogP contribution in [-0.4, -0.2) is 5.25 Å². The van der Waals surface area contributed by atoms with Crippen LogP contribution in [0, 0.1) is 11.6 Å². The van der Waals surface area contributed by atoms with E-state index in [1.807, 2.05) is 13.8 Å². The summed E-state index contributed by atoms with van der Waals surface area (Å²) in [5, 5.41) is 0.211. The van der Waals surface area contributed by atoms with Gasteiger partial charge in [0.15, 0.2) is 0 Å². The van der Waals surface area contributed by atoms with Crippen molar-refractivity contribution in [3.63, 3.8) is 0 Å². The Morgan fingerprint density at radius 3 is 2.33 bits per heavy atom. The molecule has 1 rings (SSSR count). The molecular weight excluding hydrogens is 216 g/mol. The third-order valence-electron chi connectivity index (χ3n) is 2.03. The zero-order chi connectivity index (χ0) is 11.4. The molecule has 84 valence electrons. The molecule has 0 heterocycles. The first-order chi connectivity index (χ1) is 7.04. The zero-order valence-corrected chi connectivity index (χ0v) is 9.70. The predicted molar refractivity (Wildman–Crippen MR) is 61.0 cm³/mol. The molecule has 1 aromatic rings. The highest BCUT2D eigenvalue weighted by Crippen LogP contribution is 2.31. The summed E-state index contributed by atoms with van der Waals surface area (Å²) in [6, 6.07) is 2.31. The van der Waals surface area contributed by atoms with Crippen LogP contribution in [0.3, 0.4) is 0 Å². The van der Waals surface area contributed by atoms with E-state index in [2.05, 4.69) is 0 Å². The van der Waals surface area contributed by atoms with Crippen LogP contribution in [0.25, 0.3) is 0 Å². The fourth-order valence-corrected chi connectivity index (χ4v) is 2.46. The summed E-state index contributed by atoms with van der Waals surface area (Å²) in [5.41, 5.74) is 5.45. The van der Waals surface area contributed by atoms with Gasteiger partial charge in [-0.05, 0) is 18.6 Å². The molecule has 2 N–H and O–H groups in total. The van der Waals surface area contributed by atoms with Gasteiger partial charge in [0.25, 0.3) is 0 Å². The van der Waals surface area contributed by atoms with Crippen LogP contribution in [0.4, 0.5) is 14.5 Å². The van der Waals surface area contributed by atoms with Gasteiger partial charge in [0.05, 0.1) is 4.90 Å². The highest BCUT2D eigenvalue weighted by Gasteiger charge is 2.13. The molecule has 0 spiro atoms. The van der Waals surface area contributed by atoms with Crippen molar-refractivity contribution in [1.82, 2.24) is 0 Å². The van der Waals surface area contributed by atoms with Crippen LogP contribution in [0.2, 0.25) is 0 Å². The summed E-state index contributed by atoms with van der Waals surface area (Å²) < 4.78 is 26.7. The maximum Gasteiger partial charge on any atom is 0.141 e. The number of thioether (sulfide) groups is 1. The van der Waals surface area contributed by atoms with Crippen molar-refractivity contribution in [2.24, 2.45) is 0 Å². The average molecular weight is 231 g/mol. The highest BCUT2D eigenvalue weighted by molar-refractivity contribution is 8.00. The van der Waals surface area contributed by atoms with E-state index in [0.717, 1.165) is 25.0 Å². The van der Waals surface area contributed by atoms with Crippen molar-refractivity contribution in [1.29, 1.82) is 0 Å². The van der Waals surface area contributed by atoms with Gasteiger partial charge in [0, 0.05) is 10.9 Å². The molecule has 0 aromatic heterocycles. The summed E-state index contributed by atoms with van der Waals surface area (Å²) in [4.78, 5) is 0.0742. The molecule has 0 aliphatic heterocycles. The van der Waals surface area contributed by atoms with Crippen molar-refractivity contribution in [2.45, 2.75) is 36.8 Å². The number of nitrogens with two attached hydrogens (primary N) is 1. The zero-order valence-electron chi connectivity index (χ0n) is 8.89. The van der Waals surface area contributed by atoms with Crippen LogP contribution < -0.4 is 5.73 Å². The molecule has 0 aliphatic carbocycles. The van der Waals surface area contributed by atoms with Crippen LogP contribution in [0.1, 0.15) is 26.7 Å². The van der Waals surface area contributed by atoms with E-state index in [4.69, 9.17) is 5.73 Å². The minimum atomic E-state index is -0.569. The molecule has 0 radical (unpaired) electrons. The lowest BCUT2D eigenvalue weighted by atomic mass is 10.3. The molecule has 0 aliphatic rings. The molecule has 4 heteroatoms. The van der Waals surface area contributed by atoms with E-state index in [0.29, 0.717) is 0 Å². The van der Waals surface area contributed by atoms with Gasteiger partial charge in [0.2, 0.25) is 0 Å². The Bertz CT molecular complexity index is 318. The Labute approximate surface area is 93.1 Å². The van der Waals surface area contributed by atoms with Gasteiger partial charge in [-0.3, -0.25) is 0 Å². The third kappa shape index (κ3) is 3.38. The second kappa shape index (κ2) is 5.35. The second-order valence-corrected chi connectivity index (χ2v) is 4.98. The molecule has 1 atom stereocenters. The Balaban J connectivity index is 2.85. The van der Waals surface area contributed by atoms with E-state index in [1.54, 1.807) is 0 Å². The first-order valence-electron chi connectivity index (χ1n) is 4.95. The quantitative estimate of drug-likeness (QED) is 0.629. The first kappa shape index (κ1) is 12.3. The minimum absolute atomic E-state index is 0.0742. The lowest BCUT2D eigenvalue weighted by Crippen LogP contribution is -1.99. The fraction of sp³-hybridized carbons (Fsp3) is 0.455. The normalized spacial score (nSPS) is 12.8. The lowest BCUT2D eigenvalue weighted by molar-refractivity contribution is 0.541. The van der Waals surface area contributed by atoms with Gasteiger partial charge in [-0.25, -0.2) is 8.78 Å². The summed E-state index contributed by atoms with van der Waals surface area (Å²) in [7, 11) is 0.